The van der Waals surface area contributed by atoms with Crippen LogP contribution in [0.1, 0.15) is 23.7 Å². The number of carbonyl (C=O) groups is 2. The average Bonchev–Trinajstić information content (AvgIpc) is 2.54. The highest BCUT2D eigenvalue weighted by atomic mass is 35.5. The van der Waals surface area contributed by atoms with Crippen molar-refractivity contribution in [3.05, 3.63) is 59.1 Å². The summed E-state index contributed by atoms with van der Waals surface area (Å²) in [4.78, 5) is 23.1. The number of benzene rings is 2. The number of halogens is 1. The Balaban J connectivity index is 2.05. The van der Waals surface area contributed by atoms with Crippen LogP contribution < -0.4 is 10.1 Å². The van der Waals surface area contributed by atoms with Gasteiger partial charge in [0.05, 0.1) is 10.6 Å². The average molecular weight is 334 g/mol. The summed E-state index contributed by atoms with van der Waals surface area (Å²) in [6.07, 6.45) is -0.237. The van der Waals surface area contributed by atoms with Gasteiger partial charge in [-0.25, -0.2) is 4.79 Å². The Morgan fingerprint density at radius 2 is 1.83 bits per heavy atom. The molecule has 0 aliphatic heterocycles. The number of amides is 1. The molecule has 0 aliphatic rings. The van der Waals surface area contributed by atoms with Crippen LogP contribution >= 0.6 is 11.6 Å². The van der Waals surface area contributed by atoms with Gasteiger partial charge in [-0.3, -0.25) is 4.79 Å². The minimum absolute atomic E-state index is 0.155. The first kappa shape index (κ1) is 16.8. The quantitative estimate of drug-likeness (QED) is 0.842. The molecule has 5 nitrogen and oxygen atoms in total. The SMILES string of the molecule is CC[C@@H](Oc1ccccc1Cl)C(=O)Nc1ccc(C(=O)O)cc1. The second-order valence-corrected chi connectivity index (χ2v) is 5.22. The van der Waals surface area contributed by atoms with Crippen molar-refractivity contribution in [1.82, 2.24) is 0 Å². The topological polar surface area (TPSA) is 75.6 Å². The molecular weight excluding hydrogens is 318 g/mol. The van der Waals surface area contributed by atoms with Crippen LogP contribution in [-0.4, -0.2) is 23.1 Å². The van der Waals surface area contributed by atoms with E-state index in [0.717, 1.165) is 0 Å². The highest BCUT2D eigenvalue weighted by Crippen LogP contribution is 2.25. The molecule has 1 atom stereocenters. The second kappa shape index (κ2) is 7.65. The van der Waals surface area contributed by atoms with Gasteiger partial charge >= 0.3 is 5.97 Å². The summed E-state index contributed by atoms with van der Waals surface area (Å²) in [5.74, 6) is -0.899. The maximum Gasteiger partial charge on any atom is 0.335 e. The molecule has 0 aromatic heterocycles. The Morgan fingerprint density at radius 3 is 2.39 bits per heavy atom. The van der Waals surface area contributed by atoms with Gasteiger partial charge < -0.3 is 15.2 Å². The predicted molar refractivity (Wildman–Crippen MR) is 88.2 cm³/mol. The molecule has 2 N–H and O–H groups in total. The third kappa shape index (κ3) is 4.47. The number of rotatable bonds is 6. The van der Waals surface area contributed by atoms with E-state index in [4.69, 9.17) is 21.4 Å². The zero-order valence-electron chi connectivity index (χ0n) is 12.5. The normalized spacial score (nSPS) is 11.6. The summed E-state index contributed by atoms with van der Waals surface area (Å²) >= 11 is 6.02. The molecule has 23 heavy (non-hydrogen) atoms. The fourth-order valence-corrected chi connectivity index (χ4v) is 2.11. The highest BCUT2D eigenvalue weighted by molar-refractivity contribution is 6.32. The fraction of sp³-hybridized carbons (Fsp3) is 0.176. The van der Waals surface area contributed by atoms with Gasteiger partial charge in [-0.2, -0.15) is 0 Å². The lowest BCUT2D eigenvalue weighted by Crippen LogP contribution is -2.32. The van der Waals surface area contributed by atoms with E-state index in [1.807, 2.05) is 6.92 Å². The molecule has 2 aromatic carbocycles. The minimum atomic E-state index is -1.02. The number of carboxylic acids is 1. The number of hydrogen-bond donors (Lipinski definition) is 2. The number of ether oxygens (including phenoxy) is 1. The molecule has 0 aliphatic carbocycles. The van der Waals surface area contributed by atoms with Crippen molar-refractivity contribution in [2.45, 2.75) is 19.4 Å². The lowest BCUT2D eigenvalue weighted by molar-refractivity contribution is -0.122. The molecule has 0 heterocycles. The number of nitrogens with one attached hydrogen (secondary N) is 1. The smallest absolute Gasteiger partial charge is 0.335 e. The van der Waals surface area contributed by atoms with Crippen LogP contribution in [0.2, 0.25) is 5.02 Å². The van der Waals surface area contributed by atoms with Crippen LogP contribution in [0.25, 0.3) is 0 Å². The number of aromatic carboxylic acids is 1. The van der Waals surface area contributed by atoms with E-state index in [-0.39, 0.29) is 11.5 Å². The standard InChI is InChI=1S/C17H16ClNO4/c1-2-14(23-15-6-4-3-5-13(15)18)16(20)19-12-9-7-11(8-10-12)17(21)22/h3-10,14H,2H2,1H3,(H,19,20)(H,21,22)/t14-/m1/s1. The van der Waals surface area contributed by atoms with Crippen LogP contribution in [0.5, 0.6) is 5.75 Å². The molecule has 0 radical (unpaired) electrons. The Kier molecular flexibility index (Phi) is 5.60. The molecule has 6 heteroatoms. The van der Waals surface area contributed by atoms with E-state index < -0.39 is 12.1 Å². The Morgan fingerprint density at radius 1 is 1.17 bits per heavy atom. The number of carbonyl (C=O) groups excluding carboxylic acids is 1. The molecule has 0 spiro atoms. The van der Waals surface area contributed by atoms with Crippen LogP contribution in [0, 0.1) is 0 Å². The number of hydrogen-bond acceptors (Lipinski definition) is 3. The van der Waals surface area contributed by atoms with E-state index in [1.165, 1.54) is 24.3 Å². The molecule has 1 amide bonds. The van der Waals surface area contributed by atoms with Crippen molar-refractivity contribution < 1.29 is 19.4 Å². The Bertz CT molecular complexity index is 700. The molecule has 120 valence electrons. The van der Waals surface area contributed by atoms with Crippen LogP contribution in [0.4, 0.5) is 5.69 Å². The molecule has 0 fully saturated rings. The van der Waals surface area contributed by atoms with Gasteiger partial charge in [-0.1, -0.05) is 30.7 Å². The molecule has 0 bridgehead atoms. The van der Waals surface area contributed by atoms with Gasteiger partial charge in [0.15, 0.2) is 6.10 Å². The lowest BCUT2D eigenvalue weighted by atomic mass is 10.2. The second-order valence-electron chi connectivity index (χ2n) is 4.82. The highest BCUT2D eigenvalue weighted by Gasteiger charge is 2.19. The third-order valence-corrected chi connectivity index (χ3v) is 3.48. The van der Waals surface area contributed by atoms with Crippen molar-refractivity contribution in [2.24, 2.45) is 0 Å². The minimum Gasteiger partial charge on any atom is -0.479 e. The monoisotopic (exact) mass is 333 g/mol. The van der Waals surface area contributed by atoms with Crippen LogP contribution in [0.3, 0.4) is 0 Å². The van der Waals surface area contributed by atoms with Gasteiger partial charge in [0.1, 0.15) is 5.75 Å². The van der Waals surface area contributed by atoms with Crippen molar-refractivity contribution >= 4 is 29.2 Å². The maximum atomic E-state index is 12.3. The lowest BCUT2D eigenvalue weighted by Gasteiger charge is -2.18. The molecule has 2 rings (SSSR count). The van der Waals surface area contributed by atoms with Gasteiger partial charge in [0.2, 0.25) is 0 Å². The van der Waals surface area contributed by atoms with Crippen molar-refractivity contribution in [2.75, 3.05) is 5.32 Å². The number of para-hydroxylation sites is 1. The van der Waals surface area contributed by atoms with Crippen molar-refractivity contribution in [3.63, 3.8) is 0 Å². The van der Waals surface area contributed by atoms with Crippen molar-refractivity contribution in [1.29, 1.82) is 0 Å². The molecule has 2 aromatic rings. The first-order chi connectivity index (χ1) is 11.0. The molecule has 0 saturated carbocycles. The molecule has 0 saturated heterocycles. The zero-order chi connectivity index (χ0) is 16.8. The summed E-state index contributed by atoms with van der Waals surface area (Å²) in [5.41, 5.74) is 0.656. The summed E-state index contributed by atoms with van der Waals surface area (Å²) < 4.78 is 5.65. The summed E-state index contributed by atoms with van der Waals surface area (Å²) in [6.45, 7) is 1.83. The van der Waals surface area contributed by atoms with E-state index in [2.05, 4.69) is 5.32 Å². The van der Waals surface area contributed by atoms with Crippen molar-refractivity contribution in [3.8, 4) is 5.75 Å². The van der Waals surface area contributed by atoms with E-state index in [1.54, 1.807) is 24.3 Å². The summed E-state index contributed by atoms with van der Waals surface area (Å²) in [6, 6.07) is 12.8. The third-order valence-electron chi connectivity index (χ3n) is 3.17. The Labute approximate surface area is 138 Å². The van der Waals surface area contributed by atoms with Gasteiger partial charge in [-0.15, -0.1) is 0 Å². The van der Waals surface area contributed by atoms with Gasteiger partial charge in [0, 0.05) is 5.69 Å². The number of carboxylic acid groups (broad SMARTS) is 1. The van der Waals surface area contributed by atoms with Crippen LogP contribution in [0.15, 0.2) is 48.5 Å². The summed E-state index contributed by atoms with van der Waals surface area (Å²) in [7, 11) is 0. The van der Waals surface area contributed by atoms with Gasteiger partial charge in [-0.05, 0) is 42.8 Å². The summed E-state index contributed by atoms with van der Waals surface area (Å²) in [5, 5.41) is 12.0. The van der Waals surface area contributed by atoms with Gasteiger partial charge in [0.25, 0.3) is 5.91 Å². The number of anilines is 1. The van der Waals surface area contributed by atoms with E-state index in [9.17, 15) is 9.59 Å². The molecule has 0 unspecified atom stereocenters. The fourth-order valence-electron chi connectivity index (χ4n) is 1.93. The zero-order valence-corrected chi connectivity index (χ0v) is 13.2. The first-order valence-corrected chi connectivity index (χ1v) is 7.44. The van der Waals surface area contributed by atoms with Crippen LogP contribution in [-0.2, 0) is 4.79 Å². The maximum absolute atomic E-state index is 12.3. The van der Waals surface area contributed by atoms with E-state index >= 15 is 0 Å². The van der Waals surface area contributed by atoms with E-state index in [0.29, 0.717) is 22.9 Å². The largest absolute Gasteiger partial charge is 0.479 e. The Hall–Kier alpha value is -2.53. The molecular formula is C17H16ClNO4. The first-order valence-electron chi connectivity index (χ1n) is 7.06. The predicted octanol–water partition coefficient (Wildman–Crippen LogP) is 3.83.